The van der Waals surface area contributed by atoms with Crippen LogP contribution < -0.4 is 0 Å². The van der Waals surface area contributed by atoms with Crippen molar-refractivity contribution in [1.82, 2.24) is 0 Å². The van der Waals surface area contributed by atoms with Crippen molar-refractivity contribution in [2.24, 2.45) is 11.8 Å². The van der Waals surface area contributed by atoms with Gasteiger partial charge in [-0.3, -0.25) is 9.59 Å². The molecule has 0 amide bonds. The van der Waals surface area contributed by atoms with Crippen LogP contribution in [0.2, 0.25) is 0 Å². The number of unbranched alkanes of at least 4 members (excludes halogenated alkanes) is 12. The fourth-order valence-electron chi connectivity index (χ4n) is 6.12. The quantitative estimate of drug-likeness (QED) is 0.0511. The van der Waals surface area contributed by atoms with E-state index in [0.29, 0.717) is 37.3 Å². The molecule has 0 aromatic heterocycles. The van der Waals surface area contributed by atoms with Crippen molar-refractivity contribution in [3.63, 3.8) is 0 Å². The number of carbonyl (C=O) groups is 2. The number of carboxylic acid groups (broad SMARTS) is 2. The van der Waals surface area contributed by atoms with Crippen molar-refractivity contribution < 1.29 is 29.3 Å². The van der Waals surface area contributed by atoms with Gasteiger partial charge in [0, 0.05) is 0 Å². The molecule has 2 fully saturated rings. The van der Waals surface area contributed by atoms with Gasteiger partial charge in [-0.25, -0.2) is 0 Å². The minimum Gasteiger partial charge on any atom is -0.481 e. The van der Waals surface area contributed by atoms with Crippen LogP contribution in [0, 0.1) is 11.8 Å². The highest BCUT2D eigenvalue weighted by Crippen LogP contribution is 2.31. The van der Waals surface area contributed by atoms with Crippen molar-refractivity contribution in [3.8, 4) is 0 Å². The van der Waals surface area contributed by atoms with Crippen LogP contribution >= 0.6 is 0 Å². The maximum absolute atomic E-state index is 11.9. The first-order valence-corrected chi connectivity index (χ1v) is 17.5. The zero-order chi connectivity index (χ0) is 30.4. The Morgan fingerprint density at radius 3 is 1.33 bits per heavy atom. The van der Waals surface area contributed by atoms with Gasteiger partial charge >= 0.3 is 11.9 Å². The zero-order valence-electron chi connectivity index (χ0n) is 26.9. The van der Waals surface area contributed by atoms with Gasteiger partial charge in [0.15, 0.2) is 0 Å². The SMILES string of the molecule is CCCCC[C@H]1O[C@H]1CC=CCCCCCCC(C(=O)O)C(CCCCCCC=CC[C@@H]1O[C@@H]1CCCCC)C(=O)O. The average Bonchev–Trinajstić information content (AvgIpc) is 3.89. The highest BCUT2D eigenvalue weighted by Gasteiger charge is 2.37. The fraction of sp³-hybridized carbons (Fsp3) is 0.833. The van der Waals surface area contributed by atoms with Crippen molar-refractivity contribution in [3.05, 3.63) is 24.3 Å². The third-order valence-electron chi connectivity index (χ3n) is 9.02. The van der Waals surface area contributed by atoms with Gasteiger partial charge in [-0.2, -0.15) is 0 Å². The summed E-state index contributed by atoms with van der Waals surface area (Å²) >= 11 is 0. The van der Waals surface area contributed by atoms with Crippen molar-refractivity contribution >= 4 is 11.9 Å². The summed E-state index contributed by atoms with van der Waals surface area (Å²) in [5.41, 5.74) is 0. The molecule has 2 aliphatic heterocycles. The third kappa shape index (κ3) is 16.8. The van der Waals surface area contributed by atoms with Crippen LogP contribution in [-0.4, -0.2) is 46.6 Å². The summed E-state index contributed by atoms with van der Waals surface area (Å²) in [5, 5.41) is 19.5. The lowest BCUT2D eigenvalue weighted by atomic mass is 9.84. The second-order valence-corrected chi connectivity index (χ2v) is 12.7. The van der Waals surface area contributed by atoms with E-state index in [9.17, 15) is 19.8 Å². The number of hydrogen-bond acceptors (Lipinski definition) is 4. The minimum absolute atomic E-state index is 0.427. The van der Waals surface area contributed by atoms with Crippen LogP contribution in [0.3, 0.4) is 0 Å². The number of ether oxygens (including phenoxy) is 2. The maximum atomic E-state index is 11.9. The zero-order valence-corrected chi connectivity index (χ0v) is 26.9. The highest BCUT2D eigenvalue weighted by molar-refractivity contribution is 5.79. The Balaban J connectivity index is 1.48. The molecule has 2 N–H and O–H groups in total. The Labute approximate surface area is 256 Å². The van der Waals surface area contributed by atoms with E-state index in [1.807, 2.05) is 0 Å². The van der Waals surface area contributed by atoms with E-state index in [1.54, 1.807) is 0 Å². The summed E-state index contributed by atoms with van der Waals surface area (Å²) < 4.78 is 11.5. The van der Waals surface area contributed by atoms with Crippen LogP contribution in [-0.2, 0) is 19.1 Å². The van der Waals surface area contributed by atoms with Crippen LogP contribution in [0.4, 0.5) is 0 Å². The molecule has 0 aromatic carbocycles. The molecule has 0 bridgehead atoms. The molecule has 0 radical (unpaired) electrons. The standard InChI is InChI=1S/C36H62O6/c1-3-5-17-25-31-33(41-31)27-21-15-11-7-9-13-19-23-29(35(37)38)30(36(39)40)24-20-14-10-8-12-16-22-28-34-32(42-34)26-18-6-4-2/h15-16,21-22,29-34H,3-14,17-20,23-28H2,1-2H3,(H,37,38)(H,39,40)/t29?,30?,31-,32-,33+,34+/m1/s1. The first-order valence-electron chi connectivity index (χ1n) is 17.5. The molecule has 2 rings (SSSR count). The van der Waals surface area contributed by atoms with Gasteiger partial charge in [-0.05, 0) is 64.2 Å². The second-order valence-electron chi connectivity index (χ2n) is 12.7. The van der Waals surface area contributed by atoms with Gasteiger partial charge < -0.3 is 19.7 Å². The van der Waals surface area contributed by atoms with E-state index in [0.717, 1.165) is 77.0 Å². The molecular weight excluding hydrogens is 528 g/mol. The monoisotopic (exact) mass is 590 g/mol. The normalized spacial score (nSPS) is 23.0. The summed E-state index contributed by atoms with van der Waals surface area (Å²) in [6.07, 6.45) is 33.6. The predicted octanol–water partition coefficient (Wildman–Crippen LogP) is 9.66. The van der Waals surface area contributed by atoms with E-state index in [1.165, 1.54) is 51.4 Å². The molecule has 2 saturated heterocycles. The molecule has 0 aliphatic carbocycles. The summed E-state index contributed by atoms with van der Waals surface area (Å²) in [6.45, 7) is 4.45. The molecule has 0 spiro atoms. The minimum atomic E-state index is -0.960. The highest BCUT2D eigenvalue weighted by atomic mass is 16.6. The first-order chi connectivity index (χ1) is 20.5. The topological polar surface area (TPSA) is 99.7 Å². The van der Waals surface area contributed by atoms with E-state index in [2.05, 4.69) is 38.2 Å². The molecule has 42 heavy (non-hydrogen) atoms. The average molecular weight is 591 g/mol. The van der Waals surface area contributed by atoms with Crippen molar-refractivity contribution in [1.29, 1.82) is 0 Å². The summed E-state index contributed by atoms with van der Waals surface area (Å²) in [4.78, 5) is 23.8. The van der Waals surface area contributed by atoms with E-state index >= 15 is 0 Å². The smallest absolute Gasteiger partial charge is 0.307 e. The lowest BCUT2D eigenvalue weighted by molar-refractivity contribution is -0.154. The van der Waals surface area contributed by atoms with E-state index in [-0.39, 0.29) is 0 Å². The predicted molar refractivity (Wildman–Crippen MR) is 171 cm³/mol. The molecule has 2 heterocycles. The second kappa shape index (κ2) is 22.8. The number of carboxylic acids is 2. The molecule has 6 nitrogen and oxygen atoms in total. The van der Waals surface area contributed by atoms with Gasteiger partial charge in [0.25, 0.3) is 0 Å². The summed E-state index contributed by atoms with van der Waals surface area (Å²) in [7, 11) is 0. The fourth-order valence-corrected chi connectivity index (χ4v) is 6.12. The van der Waals surface area contributed by atoms with Gasteiger partial charge in [-0.1, -0.05) is 115 Å². The molecule has 0 aromatic rings. The van der Waals surface area contributed by atoms with E-state index < -0.39 is 23.8 Å². The summed E-state index contributed by atoms with van der Waals surface area (Å²) in [6, 6.07) is 0. The third-order valence-corrected chi connectivity index (χ3v) is 9.02. The van der Waals surface area contributed by atoms with Gasteiger partial charge in [0.05, 0.1) is 36.3 Å². The Morgan fingerprint density at radius 1 is 0.548 bits per heavy atom. The molecule has 242 valence electrons. The number of allylic oxidation sites excluding steroid dienone is 2. The largest absolute Gasteiger partial charge is 0.481 e. The Morgan fingerprint density at radius 2 is 0.952 bits per heavy atom. The lowest BCUT2D eigenvalue weighted by Gasteiger charge is -2.20. The van der Waals surface area contributed by atoms with Crippen LogP contribution in [0.25, 0.3) is 0 Å². The Bertz CT molecular complexity index is 713. The van der Waals surface area contributed by atoms with Gasteiger partial charge in [0.1, 0.15) is 0 Å². The first kappa shape index (κ1) is 36.5. The van der Waals surface area contributed by atoms with Crippen LogP contribution in [0.15, 0.2) is 24.3 Å². The number of hydrogen-bond donors (Lipinski definition) is 2. The molecule has 2 aliphatic rings. The number of epoxide rings is 2. The van der Waals surface area contributed by atoms with Crippen molar-refractivity contribution in [2.45, 2.75) is 180 Å². The lowest BCUT2D eigenvalue weighted by Crippen LogP contribution is -2.30. The molecule has 6 atom stereocenters. The molecule has 0 saturated carbocycles. The Kier molecular flexibility index (Phi) is 19.8. The molecular formula is C36H62O6. The summed E-state index contributed by atoms with van der Waals surface area (Å²) in [5.74, 6) is -3.50. The van der Waals surface area contributed by atoms with Crippen LogP contribution in [0.1, 0.15) is 155 Å². The van der Waals surface area contributed by atoms with Crippen molar-refractivity contribution in [2.75, 3.05) is 0 Å². The van der Waals surface area contributed by atoms with Crippen LogP contribution in [0.5, 0.6) is 0 Å². The maximum Gasteiger partial charge on any atom is 0.307 e. The van der Waals surface area contributed by atoms with Gasteiger partial charge in [0.2, 0.25) is 0 Å². The van der Waals surface area contributed by atoms with Gasteiger partial charge in [-0.15, -0.1) is 0 Å². The number of aliphatic carboxylic acids is 2. The molecule has 2 unspecified atom stereocenters. The van der Waals surface area contributed by atoms with E-state index in [4.69, 9.17) is 9.47 Å². The Hall–Kier alpha value is -1.66. The number of rotatable bonds is 29. The molecule has 6 heteroatoms.